The Morgan fingerprint density at radius 1 is 1.00 bits per heavy atom. The number of thiazole rings is 1. The van der Waals surface area contributed by atoms with Gasteiger partial charge in [0.2, 0.25) is 0 Å². The molecule has 10 heteroatoms. The summed E-state index contributed by atoms with van der Waals surface area (Å²) in [6.45, 7) is 0. The first-order valence-corrected chi connectivity index (χ1v) is 10.3. The number of aromatic nitrogens is 5. The summed E-state index contributed by atoms with van der Waals surface area (Å²) >= 11 is 2.90. The van der Waals surface area contributed by atoms with E-state index in [0.29, 0.717) is 16.3 Å². The summed E-state index contributed by atoms with van der Waals surface area (Å²) in [5.74, 6) is 1.33. The molecule has 0 unspecified atom stereocenters. The second-order valence-electron chi connectivity index (χ2n) is 6.11. The molecule has 0 aliphatic rings. The van der Waals surface area contributed by atoms with Crippen LogP contribution in [0.25, 0.3) is 22.0 Å². The normalized spacial score (nSPS) is 11.7. The van der Waals surface area contributed by atoms with Gasteiger partial charge in [0.1, 0.15) is 5.01 Å². The van der Waals surface area contributed by atoms with Crippen molar-refractivity contribution in [1.82, 2.24) is 24.7 Å². The van der Waals surface area contributed by atoms with Gasteiger partial charge < -0.3 is 4.57 Å². The monoisotopic (exact) mass is 433 g/mol. The molecule has 29 heavy (non-hydrogen) atoms. The van der Waals surface area contributed by atoms with Crippen LogP contribution >= 0.6 is 23.1 Å². The summed E-state index contributed by atoms with van der Waals surface area (Å²) in [5, 5.41) is 11.8. The van der Waals surface area contributed by atoms with Crippen LogP contribution in [0.5, 0.6) is 0 Å². The van der Waals surface area contributed by atoms with Gasteiger partial charge in [0.05, 0.1) is 11.3 Å². The Balaban J connectivity index is 1.45. The third kappa shape index (κ3) is 4.33. The number of thioether (sulfide) groups is 1. The standard InChI is InChI=1S/C19H14F3N5S2/c1-27-16(12-6-8-23-9-7-12)25-26-18(27)29-11-15-10-28-17(24-15)13-2-4-14(5-3-13)19(20,21)22/h2-10H,11H2,1H3. The van der Waals surface area contributed by atoms with E-state index >= 15 is 0 Å². The van der Waals surface area contributed by atoms with Crippen molar-refractivity contribution in [3.05, 3.63) is 65.4 Å². The Morgan fingerprint density at radius 2 is 1.72 bits per heavy atom. The SMILES string of the molecule is Cn1c(SCc2csc(-c3ccc(C(F)(F)F)cc3)n2)nnc1-c1ccncc1. The quantitative estimate of drug-likeness (QED) is 0.399. The maximum absolute atomic E-state index is 12.7. The van der Waals surface area contributed by atoms with Crippen LogP contribution in [0, 0.1) is 0 Å². The number of halogens is 3. The van der Waals surface area contributed by atoms with E-state index in [1.54, 1.807) is 12.4 Å². The highest BCUT2D eigenvalue weighted by Gasteiger charge is 2.30. The molecular weight excluding hydrogens is 419 g/mol. The molecule has 148 valence electrons. The predicted octanol–water partition coefficient (Wildman–Crippen LogP) is 5.31. The third-order valence-electron chi connectivity index (χ3n) is 4.13. The van der Waals surface area contributed by atoms with Crippen molar-refractivity contribution in [1.29, 1.82) is 0 Å². The molecule has 0 saturated carbocycles. The minimum atomic E-state index is -4.34. The molecule has 0 spiro atoms. The van der Waals surface area contributed by atoms with Crippen LogP contribution in [0.3, 0.4) is 0 Å². The maximum Gasteiger partial charge on any atom is 0.416 e. The lowest BCUT2D eigenvalue weighted by molar-refractivity contribution is -0.137. The Morgan fingerprint density at radius 3 is 2.41 bits per heavy atom. The van der Waals surface area contributed by atoms with Gasteiger partial charge in [-0.1, -0.05) is 23.9 Å². The van der Waals surface area contributed by atoms with E-state index < -0.39 is 11.7 Å². The van der Waals surface area contributed by atoms with Crippen LogP contribution in [0.4, 0.5) is 13.2 Å². The zero-order valence-electron chi connectivity index (χ0n) is 15.1. The van der Waals surface area contributed by atoms with Crippen LogP contribution in [-0.4, -0.2) is 24.7 Å². The number of rotatable bonds is 5. The van der Waals surface area contributed by atoms with E-state index in [0.717, 1.165) is 34.4 Å². The Hall–Kier alpha value is -2.72. The number of nitrogens with zero attached hydrogens (tertiary/aromatic N) is 5. The number of pyridine rings is 1. The van der Waals surface area contributed by atoms with Gasteiger partial charge in [-0.3, -0.25) is 4.98 Å². The molecule has 0 N–H and O–H groups in total. The Bertz CT molecular complexity index is 1110. The molecule has 0 amide bonds. The van der Waals surface area contributed by atoms with Gasteiger partial charge in [-0.15, -0.1) is 21.5 Å². The summed E-state index contributed by atoms with van der Waals surface area (Å²) in [6, 6.07) is 8.78. The van der Waals surface area contributed by atoms with Crippen LogP contribution in [-0.2, 0) is 19.0 Å². The lowest BCUT2D eigenvalue weighted by Crippen LogP contribution is -2.03. The van der Waals surface area contributed by atoms with Gasteiger partial charge >= 0.3 is 6.18 Å². The first-order chi connectivity index (χ1) is 13.9. The highest BCUT2D eigenvalue weighted by atomic mass is 32.2. The van der Waals surface area contributed by atoms with E-state index in [4.69, 9.17) is 0 Å². The first-order valence-electron chi connectivity index (χ1n) is 8.46. The molecule has 4 aromatic rings. The van der Waals surface area contributed by atoms with Gasteiger partial charge in [-0.05, 0) is 24.3 Å². The predicted molar refractivity (Wildman–Crippen MR) is 106 cm³/mol. The number of hydrogen-bond donors (Lipinski definition) is 0. The number of benzene rings is 1. The number of hydrogen-bond acceptors (Lipinski definition) is 6. The Kier molecular flexibility index (Phi) is 5.37. The maximum atomic E-state index is 12.7. The molecule has 4 rings (SSSR count). The van der Waals surface area contributed by atoms with Crippen molar-refractivity contribution in [3.8, 4) is 22.0 Å². The molecule has 3 heterocycles. The second kappa shape index (κ2) is 7.96. The highest BCUT2D eigenvalue weighted by Crippen LogP contribution is 2.32. The fraction of sp³-hybridized carbons (Fsp3) is 0.158. The van der Waals surface area contributed by atoms with Crippen LogP contribution in [0.2, 0.25) is 0 Å². The van der Waals surface area contributed by atoms with E-state index in [1.807, 2.05) is 29.1 Å². The molecule has 0 radical (unpaired) electrons. The molecule has 3 aromatic heterocycles. The van der Waals surface area contributed by atoms with E-state index in [1.165, 1.54) is 35.2 Å². The van der Waals surface area contributed by atoms with E-state index in [2.05, 4.69) is 20.2 Å². The summed E-state index contributed by atoms with van der Waals surface area (Å²) in [5.41, 5.74) is 1.77. The zero-order chi connectivity index (χ0) is 20.4. The largest absolute Gasteiger partial charge is 0.416 e. The first kappa shape index (κ1) is 19.6. The average Bonchev–Trinajstić information content (AvgIpc) is 3.33. The van der Waals surface area contributed by atoms with Gasteiger partial charge in [0, 0.05) is 41.7 Å². The fourth-order valence-electron chi connectivity index (χ4n) is 2.64. The van der Waals surface area contributed by atoms with Crippen LogP contribution in [0.15, 0.2) is 59.3 Å². The van der Waals surface area contributed by atoms with E-state index in [-0.39, 0.29) is 0 Å². The zero-order valence-corrected chi connectivity index (χ0v) is 16.7. The van der Waals surface area contributed by atoms with Crippen molar-refractivity contribution in [3.63, 3.8) is 0 Å². The van der Waals surface area contributed by atoms with Crippen molar-refractivity contribution in [2.45, 2.75) is 17.1 Å². The number of alkyl halides is 3. The second-order valence-corrected chi connectivity index (χ2v) is 7.91. The molecule has 0 aliphatic heterocycles. The van der Waals surface area contributed by atoms with Crippen molar-refractivity contribution >= 4 is 23.1 Å². The van der Waals surface area contributed by atoms with Crippen LogP contribution in [0.1, 0.15) is 11.3 Å². The topological polar surface area (TPSA) is 56.5 Å². The summed E-state index contributed by atoms with van der Waals surface area (Å²) in [7, 11) is 1.90. The Labute approximate surface area is 172 Å². The molecule has 0 saturated heterocycles. The third-order valence-corrected chi connectivity index (χ3v) is 6.13. The van der Waals surface area contributed by atoms with Gasteiger partial charge in [-0.25, -0.2) is 4.98 Å². The van der Waals surface area contributed by atoms with Crippen molar-refractivity contribution in [2.24, 2.45) is 7.05 Å². The molecule has 0 bridgehead atoms. The van der Waals surface area contributed by atoms with Gasteiger partial charge in [-0.2, -0.15) is 13.2 Å². The molecular formula is C19H14F3N5S2. The fourth-order valence-corrected chi connectivity index (χ4v) is 4.37. The smallest absolute Gasteiger partial charge is 0.305 e. The average molecular weight is 433 g/mol. The van der Waals surface area contributed by atoms with Crippen molar-refractivity contribution in [2.75, 3.05) is 0 Å². The van der Waals surface area contributed by atoms with Gasteiger partial charge in [0.15, 0.2) is 11.0 Å². The van der Waals surface area contributed by atoms with Gasteiger partial charge in [0.25, 0.3) is 0 Å². The lowest BCUT2D eigenvalue weighted by Gasteiger charge is -2.06. The summed E-state index contributed by atoms with van der Waals surface area (Å²) in [6.07, 6.45) is -0.932. The molecule has 0 atom stereocenters. The molecule has 1 aromatic carbocycles. The highest BCUT2D eigenvalue weighted by molar-refractivity contribution is 7.98. The van der Waals surface area contributed by atoms with Crippen molar-refractivity contribution < 1.29 is 13.2 Å². The molecule has 0 fully saturated rings. The van der Waals surface area contributed by atoms with E-state index in [9.17, 15) is 13.2 Å². The lowest BCUT2D eigenvalue weighted by atomic mass is 10.1. The minimum Gasteiger partial charge on any atom is -0.305 e. The molecule has 5 nitrogen and oxygen atoms in total. The summed E-state index contributed by atoms with van der Waals surface area (Å²) in [4.78, 5) is 8.53. The summed E-state index contributed by atoms with van der Waals surface area (Å²) < 4.78 is 40.0. The molecule has 0 aliphatic carbocycles. The minimum absolute atomic E-state index is 0.583. The van der Waals surface area contributed by atoms with Crippen LogP contribution < -0.4 is 0 Å².